The second kappa shape index (κ2) is 8.67. The third kappa shape index (κ3) is 4.09. The highest BCUT2D eigenvalue weighted by Crippen LogP contribution is 2.40. The van der Waals surface area contributed by atoms with Gasteiger partial charge in [0.2, 0.25) is 0 Å². The Labute approximate surface area is 162 Å². The van der Waals surface area contributed by atoms with E-state index < -0.39 is 10.8 Å². The topological polar surface area (TPSA) is 43.1 Å². The number of benzene rings is 3. The highest BCUT2D eigenvalue weighted by molar-refractivity contribution is 7.98. The van der Waals surface area contributed by atoms with E-state index in [0.29, 0.717) is 0 Å². The van der Waals surface area contributed by atoms with E-state index in [-0.39, 0.29) is 11.3 Å². The second-order valence-corrected chi connectivity index (χ2v) is 8.64. The zero-order valence-corrected chi connectivity index (χ0v) is 16.6. The van der Waals surface area contributed by atoms with Gasteiger partial charge >= 0.3 is 0 Å². The monoisotopic (exact) mass is 381 g/mol. The SMILES string of the molecule is CS[C@@H](c1ccccc1S(=O)c1ccc(C)cc1)[C@H](N)c1ccccc1. The third-order valence-corrected chi connectivity index (χ3v) is 6.95. The molecule has 4 heteroatoms. The van der Waals surface area contributed by atoms with Crippen molar-refractivity contribution in [3.8, 4) is 0 Å². The number of aryl methyl sites for hydroxylation is 1. The lowest BCUT2D eigenvalue weighted by Crippen LogP contribution is -2.19. The number of hydrogen-bond acceptors (Lipinski definition) is 3. The van der Waals surface area contributed by atoms with Crippen LogP contribution in [0.2, 0.25) is 0 Å². The van der Waals surface area contributed by atoms with Crippen LogP contribution in [0.5, 0.6) is 0 Å². The third-order valence-electron chi connectivity index (χ3n) is 4.42. The van der Waals surface area contributed by atoms with Crippen molar-refractivity contribution < 1.29 is 4.21 Å². The zero-order valence-electron chi connectivity index (χ0n) is 15.0. The molecule has 0 saturated heterocycles. The van der Waals surface area contributed by atoms with Gasteiger partial charge in [0, 0.05) is 21.1 Å². The molecule has 0 bridgehead atoms. The molecule has 134 valence electrons. The molecule has 0 saturated carbocycles. The zero-order chi connectivity index (χ0) is 18.5. The van der Waals surface area contributed by atoms with Crippen LogP contribution in [-0.4, -0.2) is 10.5 Å². The normalized spacial score (nSPS) is 14.6. The molecule has 3 rings (SSSR count). The van der Waals surface area contributed by atoms with Gasteiger partial charge in [0.25, 0.3) is 0 Å². The van der Waals surface area contributed by atoms with Crippen molar-refractivity contribution >= 4 is 22.6 Å². The summed E-state index contributed by atoms with van der Waals surface area (Å²) in [5, 5.41) is 0.0306. The second-order valence-electron chi connectivity index (χ2n) is 6.21. The summed E-state index contributed by atoms with van der Waals surface area (Å²) in [7, 11) is -1.23. The molecule has 3 atom stereocenters. The van der Waals surface area contributed by atoms with Gasteiger partial charge in [0.15, 0.2) is 0 Å². The van der Waals surface area contributed by atoms with Crippen molar-refractivity contribution in [2.75, 3.05) is 6.26 Å². The predicted molar refractivity (Wildman–Crippen MR) is 112 cm³/mol. The lowest BCUT2D eigenvalue weighted by Gasteiger charge is -2.25. The van der Waals surface area contributed by atoms with Crippen molar-refractivity contribution in [3.63, 3.8) is 0 Å². The Bertz CT molecular complexity index is 878. The maximum absolute atomic E-state index is 13.2. The van der Waals surface area contributed by atoms with E-state index >= 15 is 0 Å². The lowest BCUT2D eigenvalue weighted by molar-refractivity contribution is 0.674. The standard InChI is InChI=1S/C22H23NOS2/c1-16-12-14-18(15-13-16)26(24)20-11-7-6-10-19(20)22(25-2)21(23)17-8-4-3-5-9-17/h3-15,21-22H,23H2,1-2H3/t21-,22+,26?/m1/s1. The summed E-state index contributed by atoms with van der Waals surface area (Å²) in [6, 6.07) is 25.7. The van der Waals surface area contributed by atoms with Gasteiger partial charge in [0.1, 0.15) is 0 Å². The minimum absolute atomic E-state index is 0.0306. The Kier molecular flexibility index (Phi) is 6.30. The van der Waals surface area contributed by atoms with Gasteiger partial charge in [-0.1, -0.05) is 66.2 Å². The largest absolute Gasteiger partial charge is 0.323 e. The molecule has 0 amide bonds. The van der Waals surface area contributed by atoms with Crippen molar-refractivity contribution in [1.82, 2.24) is 0 Å². The summed E-state index contributed by atoms with van der Waals surface area (Å²) in [4.78, 5) is 1.65. The molecule has 0 aliphatic heterocycles. The molecule has 0 aliphatic carbocycles. The first kappa shape index (κ1) is 18.9. The van der Waals surface area contributed by atoms with Crippen molar-refractivity contribution in [2.45, 2.75) is 28.0 Å². The van der Waals surface area contributed by atoms with Crippen molar-refractivity contribution in [2.24, 2.45) is 5.73 Å². The Morgan fingerprint density at radius 2 is 1.50 bits per heavy atom. The summed E-state index contributed by atoms with van der Waals surface area (Å²) >= 11 is 1.70. The molecule has 0 aromatic heterocycles. The molecule has 0 aliphatic rings. The molecule has 2 nitrogen and oxygen atoms in total. The summed E-state index contributed by atoms with van der Waals surface area (Å²) in [6.07, 6.45) is 2.05. The van der Waals surface area contributed by atoms with Gasteiger partial charge in [-0.15, -0.1) is 0 Å². The fraction of sp³-hybridized carbons (Fsp3) is 0.182. The highest BCUT2D eigenvalue weighted by Gasteiger charge is 2.25. The minimum atomic E-state index is -1.23. The van der Waals surface area contributed by atoms with Gasteiger partial charge in [-0.2, -0.15) is 11.8 Å². The Hall–Kier alpha value is -1.88. The Morgan fingerprint density at radius 3 is 2.15 bits per heavy atom. The molecular formula is C22H23NOS2. The number of nitrogens with two attached hydrogens (primary N) is 1. The highest BCUT2D eigenvalue weighted by atomic mass is 32.2. The van der Waals surface area contributed by atoms with Crippen LogP contribution < -0.4 is 5.73 Å². The summed E-state index contributed by atoms with van der Waals surface area (Å²) in [5.74, 6) is 0. The molecule has 0 heterocycles. The predicted octanol–water partition coefficient (Wildman–Crippen LogP) is 5.27. The van der Waals surface area contributed by atoms with Gasteiger partial charge in [-0.25, -0.2) is 4.21 Å². The molecule has 3 aromatic carbocycles. The molecule has 0 radical (unpaired) electrons. The Morgan fingerprint density at radius 1 is 0.885 bits per heavy atom. The van der Waals surface area contributed by atoms with Gasteiger partial charge < -0.3 is 5.73 Å². The molecular weight excluding hydrogens is 358 g/mol. The van der Waals surface area contributed by atoms with Gasteiger partial charge in [-0.3, -0.25) is 0 Å². The average Bonchev–Trinajstić information content (AvgIpc) is 2.69. The first-order valence-electron chi connectivity index (χ1n) is 8.52. The van der Waals surface area contributed by atoms with E-state index in [1.165, 1.54) is 0 Å². The number of hydrogen-bond donors (Lipinski definition) is 1. The molecule has 0 fully saturated rings. The van der Waals surface area contributed by atoms with E-state index in [1.807, 2.05) is 85.8 Å². The van der Waals surface area contributed by atoms with Crippen LogP contribution in [-0.2, 0) is 10.8 Å². The van der Waals surface area contributed by atoms with Crippen LogP contribution in [0.4, 0.5) is 0 Å². The fourth-order valence-corrected chi connectivity index (χ4v) is 5.22. The van der Waals surface area contributed by atoms with Crippen LogP contribution in [0.3, 0.4) is 0 Å². The first-order valence-corrected chi connectivity index (χ1v) is 11.0. The average molecular weight is 382 g/mol. The molecule has 1 unspecified atom stereocenters. The van der Waals surface area contributed by atoms with Crippen LogP contribution in [0.1, 0.15) is 28.0 Å². The quantitative estimate of drug-likeness (QED) is 0.633. The fourth-order valence-electron chi connectivity index (χ4n) is 2.99. The van der Waals surface area contributed by atoms with Crippen LogP contribution in [0.25, 0.3) is 0 Å². The van der Waals surface area contributed by atoms with Crippen LogP contribution >= 0.6 is 11.8 Å². The van der Waals surface area contributed by atoms with E-state index in [2.05, 4.69) is 6.26 Å². The molecule has 3 aromatic rings. The van der Waals surface area contributed by atoms with Gasteiger partial charge in [-0.05, 0) is 42.5 Å². The molecule has 26 heavy (non-hydrogen) atoms. The first-order chi connectivity index (χ1) is 12.6. The van der Waals surface area contributed by atoms with E-state index in [0.717, 1.165) is 26.5 Å². The number of thioether (sulfide) groups is 1. The maximum atomic E-state index is 13.2. The van der Waals surface area contributed by atoms with E-state index in [4.69, 9.17) is 5.73 Å². The van der Waals surface area contributed by atoms with Crippen molar-refractivity contribution in [1.29, 1.82) is 0 Å². The molecule has 2 N–H and O–H groups in total. The van der Waals surface area contributed by atoms with Crippen LogP contribution in [0.15, 0.2) is 88.7 Å². The molecule has 0 spiro atoms. The van der Waals surface area contributed by atoms with E-state index in [9.17, 15) is 4.21 Å². The Balaban J connectivity index is 1.99. The summed E-state index contributed by atoms with van der Waals surface area (Å²) in [6.45, 7) is 2.03. The smallest absolute Gasteiger partial charge is 0.0852 e. The number of rotatable bonds is 6. The van der Waals surface area contributed by atoms with Gasteiger partial charge in [0.05, 0.1) is 10.8 Å². The summed E-state index contributed by atoms with van der Waals surface area (Å²) in [5.41, 5.74) is 9.87. The van der Waals surface area contributed by atoms with Crippen molar-refractivity contribution in [3.05, 3.63) is 95.6 Å². The van der Waals surface area contributed by atoms with E-state index in [1.54, 1.807) is 11.8 Å². The summed E-state index contributed by atoms with van der Waals surface area (Å²) < 4.78 is 13.2. The lowest BCUT2D eigenvalue weighted by atomic mass is 9.99. The maximum Gasteiger partial charge on any atom is 0.0852 e. The van der Waals surface area contributed by atoms with Crippen LogP contribution in [0, 0.1) is 6.92 Å². The minimum Gasteiger partial charge on any atom is -0.323 e.